The third-order valence-electron chi connectivity index (χ3n) is 3.58. The largest absolute Gasteiger partial charge is 0.483 e. The Bertz CT molecular complexity index is 789. The minimum atomic E-state index is -0.350. The van der Waals surface area contributed by atoms with Gasteiger partial charge in [0.2, 0.25) is 0 Å². The Labute approximate surface area is 151 Å². The average Bonchev–Trinajstić information content (AvgIpc) is 2.53. The molecular weight excluding hydrogens is 347 g/mol. The molecule has 0 aliphatic carbocycles. The van der Waals surface area contributed by atoms with E-state index in [1.165, 1.54) is 6.21 Å². The van der Waals surface area contributed by atoms with E-state index in [9.17, 15) is 4.79 Å². The molecule has 0 atom stereocenters. The van der Waals surface area contributed by atoms with Crippen LogP contribution in [0.3, 0.4) is 0 Å². The number of hydrazone groups is 1. The predicted molar refractivity (Wildman–Crippen MR) is 98.3 cm³/mol. The van der Waals surface area contributed by atoms with E-state index in [1.807, 2.05) is 32.9 Å². The van der Waals surface area contributed by atoms with Crippen molar-refractivity contribution in [3.8, 4) is 5.75 Å². The minimum Gasteiger partial charge on any atom is -0.483 e. The van der Waals surface area contributed by atoms with Crippen LogP contribution in [0.5, 0.6) is 5.75 Å². The number of nitrogens with zero attached hydrogens (tertiary/aromatic N) is 1. The lowest BCUT2D eigenvalue weighted by molar-refractivity contribution is -0.123. The first-order valence-corrected chi connectivity index (χ1v) is 8.10. The molecule has 4 nitrogen and oxygen atoms in total. The first-order valence-electron chi connectivity index (χ1n) is 7.35. The fourth-order valence-electron chi connectivity index (χ4n) is 2.10. The van der Waals surface area contributed by atoms with Gasteiger partial charge >= 0.3 is 0 Å². The van der Waals surface area contributed by atoms with Gasteiger partial charge in [0, 0.05) is 10.6 Å². The third kappa shape index (κ3) is 4.73. The van der Waals surface area contributed by atoms with Gasteiger partial charge in [0.05, 0.1) is 11.2 Å². The second-order valence-corrected chi connectivity index (χ2v) is 6.24. The van der Waals surface area contributed by atoms with Gasteiger partial charge in [0.1, 0.15) is 5.75 Å². The standard InChI is InChI=1S/C18H18Cl2N2O2/c1-11-4-5-12(2)18(13(11)3)24-10-17(23)22-21-9-14-6-7-15(19)8-16(14)20/h4-9H,10H2,1-3H3,(H,22,23)/b21-9-. The van der Waals surface area contributed by atoms with Crippen molar-refractivity contribution >= 4 is 35.3 Å². The number of hydrogen-bond acceptors (Lipinski definition) is 3. The molecule has 1 amide bonds. The monoisotopic (exact) mass is 364 g/mol. The Hall–Kier alpha value is -2.04. The number of nitrogens with one attached hydrogen (secondary N) is 1. The molecule has 2 rings (SSSR count). The number of ether oxygens (including phenoxy) is 1. The van der Waals surface area contributed by atoms with Crippen LogP contribution in [0.2, 0.25) is 10.0 Å². The summed E-state index contributed by atoms with van der Waals surface area (Å²) in [4.78, 5) is 11.8. The Balaban J connectivity index is 1.92. The van der Waals surface area contributed by atoms with E-state index in [0.717, 1.165) is 22.4 Å². The van der Waals surface area contributed by atoms with Gasteiger partial charge in [0.25, 0.3) is 5.91 Å². The molecule has 0 radical (unpaired) electrons. The summed E-state index contributed by atoms with van der Waals surface area (Å²) in [5, 5.41) is 4.88. The van der Waals surface area contributed by atoms with Gasteiger partial charge in [-0.25, -0.2) is 5.43 Å². The first-order chi connectivity index (χ1) is 11.4. The van der Waals surface area contributed by atoms with Crippen molar-refractivity contribution in [3.05, 3.63) is 62.6 Å². The summed E-state index contributed by atoms with van der Waals surface area (Å²) in [5.41, 5.74) is 6.20. The highest BCUT2D eigenvalue weighted by Crippen LogP contribution is 2.25. The lowest BCUT2D eigenvalue weighted by Crippen LogP contribution is -2.25. The van der Waals surface area contributed by atoms with Gasteiger partial charge in [-0.05, 0) is 49.6 Å². The molecule has 0 heterocycles. The molecule has 0 unspecified atom stereocenters. The van der Waals surface area contributed by atoms with Crippen molar-refractivity contribution in [3.63, 3.8) is 0 Å². The third-order valence-corrected chi connectivity index (χ3v) is 4.14. The van der Waals surface area contributed by atoms with Gasteiger partial charge < -0.3 is 4.74 Å². The number of rotatable bonds is 5. The fourth-order valence-corrected chi connectivity index (χ4v) is 2.55. The van der Waals surface area contributed by atoms with E-state index >= 15 is 0 Å². The summed E-state index contributed by atoms with van der Waals surface area (Å²) in [7, 11) is 0. The molecule has 0 bridgehead atoms. The van der Waals surface area contributed by atoms with Crippen molar-refractivity contribution in [2.45, 2.75) is 20.8 Å². The molecule has 126 valence electrons. The molecule has 0 saturated heterocycles. The Morgan fingerprint density at radius 1 is 1.17 bits per heavy atom. The summed E-state index contributed by atoms with van der Waals surface area (Å²) in [6, 6.07) is 9.02. The maximum atomic E-state index is 11.8. The molecule has 2 aromatic rings. The maximum Gasteiger partial charge on any atom is 0.277 e. The second-order valence-electron chi connectivity index (χ2n) is 5.40. The molecule has 24 heavy (non-hydrogen) atoms. The van der Waals surface area contributed by atoms with Crippen LogP contribution < -0.4 is 10.2 Å². The van der Waals surface area contributed by atoms with Crippen LogP contribution in [0.15, 0.2) is 35.4 Å². The van der Waals surface area contributed by atoms with E-state index in [-0.39, 0.29) is 12.5 Å². The lowest BCUT2D eigenvalue weighted by Gasteiger charge is -2.13. The molecular formula is C18H18Cl2N2O2. The van der Waals surface area contributed by atoms with Crippen LogP contribution in [0, 0.1) is 20.8 Å². The number of hydrogen-bond donors (Lipinski definition) is 1. The second kappa shape index (κ2) is 8.18. The topological polar surface area (TPSA) is 50.7 Å². The smallest absolute Gasteiger partial charge is 0.277 e. The number of aryl methyl sites for hydroxylation is 2. The van der Waals surface area contributed by atoms with Crippen LogP contribution in [0.4, 0.5) is 0 Å². The molecule has 2 aromatic carbocycles. The zero-order valence-corrected chi connectivity index (χ0v) is 15.2. The van der Waals surface area contributed by atoms with Gasteiger partial charge in [-0.15, -0.1) is 0 Å². The number of carbonyl (C=O) groups excluding carboxylic acids is 1. The molecule has 0 saturated carbocycles. The summed E-state index contributed by atoms with van der Waals surface area (Å²) in [6.45, 7) is 5.80. The van der Waals surface area contributed by atoms with Crippen LogP contribution in [0.25, 0.3) is 0 Å². The highest BCUT2D eigenvalue weighted by Gasteiger charge is 2.08. The normalized spacial score (nSPS) is 10.9. The SMILES string of the molecule is Cc1ccc(C)c(OCC(=O)N/N=C\c2ccc(Cl)cc2Cl)c1C. The van der Waals surface area contributed by atoms with Crippen LogP contribution in [-0.4, -0.2) is 18.7 Å². The van der Waals surface area contributed by atoms with Crippen molar-refractivity contribution in [1.82, 2.24) is 5.43 Å². The van der Waals surface area contributed by atoms with E-state index < -0.39 is 0 Å². The van der Waals surface area contributed by atoms with Gasteiger partial charge in [-0.1, -0.05) is 41.4 Å². The summed E-state index contributed by atoms with van der Waals surface area (Å²) in [6.07, 6.45) is 1.46. The number of benzene rings is 2. The van der Waals surface area contributed by atoms with Crippen molar-refractivity contribution in [1.29, 1.82) is 0 Å². The predicted octanol–water partition coefficient (Wildman–Crippen LogP) is 4.45. The molecule has 0 aliphatic rings. The number of amides is 1. The summed E-state index contributed by atoms with van der Waals surface area (Å²) >= 11 is 11.8. The number of halogens is 2. The van der Waals surface area contributed by atoms with Gasteiger partial charge in [-0.2, -0.15) is 5.10 Å². The highest BCUT2D eigenvalue weighted by molar-refractivity contribution is 6.36. The molecule has 0 aromatic heterocycles. The highest BCUT2D eigenvalue weighted by atomic mass is 35.5. The van der Waals surface area contributed by atoms with E-state index in [4.69, 9.17) is 27.9 Å². The Kier molecular flexibility index (Phi) is 6.23. The molecule has 0 fully saturated rings. The molecule has 1 N–H and O–H groups in total. The van der Waals surface area contributed by atoms with Crippen LogP contribution in [-0.2, 0) is 4.79 Å². The van der Waals surface area contributed by atoms with E-state index in [0.29, 0.717) is 15.6 Å². The van der Waals surface area contributed by atoms with E-state index in [1.54, 1.807) is 18.2 Å². The molecule has 6 heteroatoms. The van der Waals surface area contributed by atoms with Gasteiger partial charge in [-0.3, -0.25) is 4.79 Å². The van der Waals surface area contributed by atoms with Crippen molar-refractivity contribution < 1.29 is 9.53 Å². The fraction of sp³-hybridized carbons (Fsp3) is 0.222. The molecule has 0 spiro atoms. The average molecular weight is 365 g/mol. The lowest BCUT2D eigenvalue weighted by atomic mass is 10.1. The van der Waals surface area contributed by atoms with Crippen LogP contribution >= 0.6 is 23.2 Å². The quantitative estimate of drug-likeness (QED) is 0.629. The Morgan fingerprint density at radius 2 is 1.88 bits per heavy atom. The summed E-state index contributed by atoms with van der Waals surface area (Å²) < 4.78 is 5.62. The van der Waals surface area contributed by atoms with Crippen LogP contribution in [0.1, 0.15) is 22.3 Å². The van der Waals surface area contributed by atoms with E-state index in [2.05, 4.69) is 10.5 Å². The summed E-state index contributed by atoms with van der Waals surface area (Å²) in [5.74, 6) is 0.381. The minimum absolute atomic E-state index is 0.114. The zero-order chi connectivity index (χ0) is 17.7. The van der Waals surface area contributed by atoms with Gasteiger partial charge in [0.15, 0.2) is 6.61 Å². The number of carbonyl (C=O) groups is 1. The molecule has 0 aliphatic heterocycles. The maximum absolute atomic E-state index is 11.8. The van der Waals surface area contributed by atoms with Crippen molar-refractivity contribution in [2.75, 3.05) is 6.61 Å². The zero-order valence-electron chi connectivity index (χ0n) is 13.7. The van der Waals surface area contributed by atoms with Crippen molar-refractivity contribution in [2.24, 2.45) is 5.10 Å². The Morgan fingerprint density at radius 3 is 2.58 bits per heavy atom. The first kappa shape index (κ1) is 18.3.